The van der Waals surface area contributed by atoms with Crippen molar-refractivity contribution in [3.63, 3.8) is 0 Å². The lowest BCUT2D eigenvalue weighted by Gasteiger charge is -2.09. The van der Waals surface area contributed by atoms with Gasteiger partial charge >= 0.3 is 0 Å². The fourth-order valence-corrected chi connectivity index (χ4v) is 2.02. The third-order valence-corrected chi connectivity index (χ3v) is 3.32. The zero-order valence-electron chi connectivity index (χ0n) is 13.5. The van der Waals surface area contributed by atoms with E-state index in [-0.39, 0.29) is 11.7 Å². The molecule has 5 heteroatoms. The number of carbonyl (C=O) groups is 1. The number of pyridine rings is 1. The number of anilines is 1. The van der Waals surface area contributed by atoms with E-state index in [1.165, 1.54) is 12.1 Å². The van der Waals surface area contributed by atoms with Crippen LogP contribution in [-0.4, -0.2) is 24.0 Å². The zero-order chi connectivity index (χ0) is 16.7. The number of hydrogen-bond acceptors (Lipinski definition) is 3. The quantitative estimate of drug-likeness (QED) is 0.824. The van der Waals surface area contributed by atoms with Crippen LogP contribution in [0.1, 0.15) is 29.9 Å². The summed E-state index contributed by atoms with van der Waals surface area (Å²) in [4.78, 5) is 16.0. The molecule has 1 aromatic carbocycles. The van der Waals surface area contributed by atoms with Crippen LogP contribution in [0.15, 0.2) is 42.6 Å². The van der Waals surface area contributed by atoms with Crippen molar-refractivity contribution in [1.82, 2.24) is 10.3 Å². The van der Waals surface area contributed by atoms with Gasteiger partial charge in [-0.3, -0.25) is 4.79 Å². The SMILES string of the molecule is CC(C)CNC(=O)c1ccc(NCCc2ccc(F)cc2)cn1. The van der Waals surface area contributed by atoms with E-state index in [2.05, 4.69) is 15.6 Å². The molecule has 2 aromatic rings. The van der Waals surface area contributed by atoms with Gasteiger partial charge in [-0.05, 0) is 42.2 Å². The molecule has 1 heterocycles. The van der Waals surface area contributed by atoms with E-state index < -0.39 is 0 Å². The molecule has 1 amide bonds. The summed E-state index contributed by atoms with van der Waals surface area (Å²) in [5, 5.41) is 6.07. The summed E-state index contributed by atoms with van der Waals surface area (Å²) in [6.45, 7) is 5.44. The lowest BCUT2D eigenvalue weighted by Crippen LogP contribution is -2.28. The van der Waals surface area contributed by atoms with Crippen LogP contribution in [-0.2, 0) is 6.42 Å². The minimum Gasteiger partial charge on any atom is -0.383 e. The van der Waals surface area contributed by atoms with Crippen molar-refractivity contribution in [1.29, 1.82) is 0 Å². The largest absolute Gasteiger partial charge is 0.383 e. The van der Waals surface area contributed by atoms with E-state index in [4.69, 9.17) is 0 Å². The number of amides is 1. The van der Waals surface area contributed by atoms with Crippen molar-refractivity contribution in [3.05, 3.63) is 59.7 Å². The van der Waals surface area contributed by atoms with E-state index in [0.717, 1.165) is 17.7 Å². The van der Waals surface area contributed by atoms with Gasteiger partial charge < -0.3 is 10.6 Å². The highest BCUT2D eigenvalue weighted by atomic mass is 19.1. The Balaban J connectivity index is 1.80. The number of benzene rings is 1. The van der Waals surface area contributed by atoms with Gasteiger partial charge in [0, 0.05) is 13.1 Å². The van der Waals surface area contributed by atoms with E-state index >= 15 is 0 Å². The molecule has 23 heavy (non-hydrogen) atoms. The maximum atomic E-state index is 12.8. The monoisotopic (exact) mass is 315 g/mol. The molecule has 4 nitrogen and oxygen atoms in total. The van der Waals surface area contributed by atoms with Gasteiger partial charge in [0.2, 0.25) is 0 Å². The third kappa shape index (κ3) is 5.70. The highest BCUT2D eigenvalue weighted by Crippen LogP contribution is 2.08. The average Bonchev–Trinajstić information content (AvgIpc) is 2.55. The highest BCUT2D eigenvalue weighted by Gasteiger charge is 2.07. The van der Waals surface area contributed by atoms with Gasteiger partial charge in [0.05, 0.1) is 11.9 Å². The highest BCUT2D eigenvalue weighted by molar-refractivity contribution is 5.92. The van der Waals surface area contributed by atoms with Crippen molar-refractivity contribution >= 4 is 11.6 Å². The first-order valence-electron chi connectivity index (χ1n) is 7.77. The van der Waals surface area contributed by atoms with E-state index in [1.54, 1.807) is 24.4 Å². The molecule has 0 bridgehead atoms. The number of rotatable bonds is 7. The number of hydrogen-bond donors (Lipinski definition) is 2. The average molecular weight is 315 g/mol. The van der Waals surface area contributed by atoms with Crippen LogP contribution in [0.3, 0.4) is 0 Å². The van der Waals surface area contributed by atoms with Crippen molar-refractivity contribution < 1.29 is 9.18 Å². The van der Waals surface area contributed by atoms with E-state index in [1.807, 2.05) is 19.9 Å². The van der Waals surface area contributed by atoms with Crippen LogP contribution in [0.4, 0.5) is 10.1 Å². The second-order valence-corrected chi connectivity index (χ2v) is 5.84. The normalized spacial score (nSPS) is 10.6. The second kappa shape index (κ2) is 8.27. The fraction of sp³-hybridized carbons (Fsp3) is 0.333. The van der Waals surface area contributed by atoms with Crippen LogP contribution >= 0.6 is 0 Å². The first-order chi connectivity index (χ1) is 11.0. The fourth-order valence-electron chi connectivity index (χ4n) is 2.02. The van der Waals surface area contributed by atoms with Crippen molar-refractivity contribution in [2.45, 2.75) is 20.3 Å². The van der Waals surface area contributed by atoms with Gasteiger partial charge in [-0.15, -0.1) is 0 Å². The molecule has 0 unspecified atom stereocenters. The standard InChI is InChI=1S/C18H22FN3O/c1-13(2)11-22-18(23)17-8-7-16(12-21-17)20-10-9-14-3-5-15(19)6-4-14/h3-8,12-13,20H,9-11H2,1-2H3,(H,22,23). The summed E-state index contributed by atoms with van der Waals surface area (Å²) in [7, 11) is 0. The Kier molecular flexibility index (Phi) is 6.09. The van der Waals surface area contributed by atoms with Gasteiger partial charge in [0.1, 0.15) is 11.5 Å². The molecule has 0 aliphatic heterocycles. The van der Waals surface area contributed by atoms with Gasteiger partial charge in [0.15, 0.2) is 0 Å². The van der Waals surface area contributed by atoms with Gasteiger partial charge in [-0.1, -0.05) is 26.0 Å². The maximum absolute atomic E-state index is 12.8. The maximum Gasteiger partial charge on any atom is 0.269 e. The first-order valence-corrected chi connectivity index (χ1v) is 7.77. The molecule has 0 spiro atoms. The third-order valence-electron chi connectivity index (χ3n) is 3.32. The Morgan fingerprint density at radius 2 is 1.91 bits per heavy atom. The minimum absolute atomic E-state index is 0.156. The van der Waals surface area contributed by atoms with Crippen LogP contribution in [0.2, 0.25) is 0 Å². The summed E-state index contributed by atoms with van der Waals surface area (Å²) in [5.74, 6) is 0.0279. The van der Waals surface area contributed by atoms with Crippen LogP contribution in [0.25, 0.3) is 0 Å². The summed E-state index contributed by atoms with van der Waals surface area (Å²) >= 11 is 0. The van der Waals surface area contributed by atoms with Gasteiger partial charge in [-0.25, -0.2) is 9.37 Å². The Labute approximate surface area is 136 Å². The number of nitrogens with zero attached hydrogens (tertiary/aromatic N) is 1. The molecule has 0 atom stereocenters. The van der Waals surface area contributed by atoms with Crippen molar-refractivity contribution in [2.75, 3.05) is 18.4 Å². The van der Waals surface area contributed by atoms with Gasteiger partial charge in [0.25, 0.3) is 5.91 Å². The second-order valence-electron chi connectivity index (χ2n) is 5.84. The predicted octanol–water partition coefficient (Wildman–Crippen LogP) is 3.26. The Bertz CT molecular complexity index is 624. The lowest BCUT2D eigenvalue weighted by molar-refractivity contribution is 0.0944. The smallest absolute Gasteiger partial charge is 0.269 e. The molecular weight excluding hydrogens is 293 g/mol. The van der Waals surface area contributed by atoms with Gasteiger partial charge in [-0.2, -0.15) is 0 Å². The summed E-state index contributed by atoms with van der Waals surface area (Å²) in [6, 6.07) is 10.0. The first kappa shape index (κ1) is 16.9. The number of aromatic nitrogens is 1. The van der Waals surface area contributed by atoms with Crippen LogP contribution < -0.4 is 10.6 Å². The zero-order valence-corrected chi connectivity index (χ0v) is 13.5. The summed E-state index contributed by atoms with van der Waals surface area (Å²) < 4.78 is 12.8. The molecule has 0 saturated carbocycles. The molecular formula is C18H22FN3O. The molecule has 0 aliphatic carbocycles. The summed E-state index contributed by atoms with van der Waals surface area (Å²) in [6.07, 6.45) is 2.44. The Hall–Kier alpha value is -2.43. The minimum atomic E-state index is -0.225. The molecule has 0 aliphatic rings. The number of nitrogens with one attached hydrogen (secondary N) is 2. The molecule has 2 rings (SSSR count). The molecule has 2 N–H and O–H groups in total. The summed E-state index contributed by atoms with van der Waals surface area (Å²) in [5.41, 5.74) is 2.33. The predicted molar refractivity (Wildman–Crippen MR) is 90.0 cm³/mol. The number of carbonyl (C=O) groups excluding carboxylic acids is 1. The number of halogens is 1. The Morgan fingerprint density at radius 3 is 2.52 bits per heavy atom. The van der Waals surface area contributed by atoms with Crippen LogP contribution in [0, 0.1) is 11.7 Å². The topological polar surface area (TPSA) is 54.0 Å². The van der Waals surface area contributed by atoms with Crippen molar-refractivity contribution in [3.8, 4) is 0 Å². The van der Waals surface area contributed by atoms with E-state index in [0.29, 0.717) is 24.7 Å². The molecule has 122 valence electrons. The molecule has 0 radical (unpaired) electrons. The Morgan fingerprint density at radius 1 is 1.17 bits per heavy atom. The molecule has 0 fully saturated rings. The lowest BCUT2D eigenvalue weighted by atomic mass is 10.1. The van der Waals surface area contributed by atoms with Crippen LogP contribution in [0.5, 0.6) is 0 Å². The molecule has 0 saturated heterocycles. The van der Waals surface area contributed by atoms with E-state index in [9.17, 15) is 9.18 Å². The molecule has 1 aromatic heterocycles. The van der Waals surface area contributed by atoms with Crippen molar-refractivity contribution in [2.24, 2.45) is 5.92 Å².